The lowest BCUT2D eigenvalue weighted by Gasteiger charge is -2.34. The van der Waals surface area contributed by atoms with Crippen LogP contribution in [0, 0.1) is 23.1 Å². The van der Waals surface area contributed by atoms with Gasteiger partial charge in [0, 0.05) is 22.1 Å². The lowest BCUT2D eigenvalue weighted by Crippen LogP contribution is -2.41. The van der Waals surface area contributed by atoms with E-state index in [2.05, 4.69) is 10.2 Å². The topological polar surface area (TPSA) is 99.6 Å². The number of rotatable bonds is 8. The van der Waals surface area contributed by atoms with Crippen molar-refractivity contribution in [3.8, 4) is 34.8 Å². The maximum Gasteiger partial charge on any atom is 0.247 e. The highest BCUT2D eigenvalue weighted by Crippen LogP contribution is 2.36. The first-order valence-corrected chi connectivity index (χ1v) is 13.1. The zero-order valence-electron chi connectivity index (χ0n) is 21.6. The Labute approximate surface area is 240 Å². The van der Waals surface area contributed by atoms with E-state index >= 15 is 4.39 Å². The van der Waals surface area contributed by atoms with Crippen molar-refractivity contribution in [2.24, 2.45) is 5.92 Å². The molecule has 0 atom stereocenters. The molecule has 0 amide bonds. The van der Waals surface area contributed by atoms with Gasteiger partial charge < -0.3 is 23.4 Å². The summed E-state index contributed by atoms with van der Waals surface area (Å²) in [6, 6.07) is 16.6. The molecule has 1 aliphatic rings. The molecule has 3 aromatic carbocycles. The number of hydrogen-bond donors (Lipinski definition) is 0. The third-order valence-electron chi connectivity index (χ3n) is 6.08. The molecule has 0 saturated carbocycles. The van der Waals surface area contributed by atoms with Crippen LogP contribution in [0.3, 0.4) is 0 Å². The first kappa shape index (κ1) is 27.9. The second kappa shape index (κ2) is 11.8. The molecule has 0 unspecified atom stereocenters. The van der Waals surface area contributed by atoms with Crippen LogP contribution in [0.5, 0.6) is 17.2 Å². The molecule has 1 aromatic heterocycles. The highest BCUT2D eigenvalue weighted by molar-refractivity contribution is 6.32. The maximum absolute atomic E-state index is 15.4. The van der Waals surface area contributed by atoms with Crippen LogP contribution < -0.4 is 9.47 Å². The van der Waals surface area contributed by atoms with E-state index in [1.165, 1.54) is 30.3 Å². The minimum absolute atomic E-state index is 0.00881. The molecule has 40 heavy (non-hydrogen) atoms. The fourth-order valence-electron chi connectivity index (χ4n) is 3.94. The first-order valence-electron chi connectivity index (χ1n) is 12.4. The Hall–Kier alpha value is -3.68. The second-order valence-corrected chi connectivity index (χ2v) is 10.5. The van der Waals surface area contributed by atoms with E-state index in [1.54, 1.807) is 12.1 Å². The molecule has 0 N–H and O–H groups in total. The third kappa shape index (κ3) is 6.72. The van der Waals surface area contributed by atoms with Crippen LogP contribution in [0.1, 0.15) is 30.9 Å². The molecule has 206 valence electrons. The van der Waals surface area contributed by atoms with Gasteiger partial charge in [0.05, 0.1) is 42.9 Å². The fraction of sp³-hybridized carbons (Fsp3) is 0.276. The number of hydrogen-bond acceptors (Lipinski definition) is 8. The summed E-state index contributed by atoms with van der Waals surface area (Å²) in [7, 11) is 0. The van der Waals surface area contributed by atoms with Crippen molar-refractivity contribution in [1.29, 1.82) is 5.26 Å². The first-order chi connectivity index (χ1) is 19.2. The summed E-state index contributed by atoms with van der Waals surface area (Å²) < 4.78 is 44.0. The average Bonchev–Trinajstić information content (AvgIpc) is 3.40. The van der Waals surface area contributed by atoms with Gasteiger partial charge in [0.2, 0.25) is 11.8 Å². The van der Waals surface area contributed by atoms with Gasteiger partial charge in [0.25, 0.3) is 0 Å². The van der Waals surface area contributed by atoms with E-state index in [0.717, 1.165) is 0 Å². The molecule has 0 bridgehead atoms. The van der Waals surface area contributed by atoms with Gasteiger partial charge in [-0.2, -0.15) is 5.26 Å². The summed E-state index contributed by atoms with van der Waals surface area (Å²) >= 11 is 12.2. The molecule has 1 aliphatic heterocycles. The van der Waals surface area contributed by atoms with Crippen LogP contribution in [0.15, 0.2) is 59.0 Å². The zero-order valence-corrected chi connectivity index (χ0v) is 23.1. The van der Waals surface area contributed by atoms with E-state index in [9.17, 15) is 0 Å². The Kier molecular flexibility index (Phi) is 8.24. The standard InChI is InChI=1S/C29H24Cl2FN3O5/c1-29(2)37-15-18(16-38-29)14-36-22-6-3-19(4-7-22)28-35-34-25(40-28)11-20-5-8-24(31)27(26(20)32)39-23-10-17(13-33)9-21(30)12-23/h3-10,12,18H,11,14-16H2,1-2H3. The van der Waals surface area contributed by atoms with Crippen LogP contribution in [0.4, 0.5) is 4.39 Å². The Morgan fingerprint density at radius 3 is 2.50 bits per heavy atom. The van der Waals surface area contributed by atoms with E-state index in [1.807, 2.05) is 32.0 Å². The number of ether oxygens (including phenoxy) is 4. The van der Waals surface area contributed by atoms with Gasteiger partial charge in [-0.15, -0.1) is 10.2 Å². The van der Waals surface area contributed by atoms with Gasteiger partial charge in [-0.1, -0.05) is 29.3 Å². The lowest BCUT2D eigenvalue weighted by atomic mass is 10.1. The predicted octanol–water partition coefficient (Wildman–Crippen LogP) is 7.22. The van der Waals surface area contributed by atoms with Crippen LogP contribution in [-0.4, -0.2) is 35.8 Å². The van der Waals surface area contributed by atoms with Crippen molar-refractivity contribution >= 4 is 23.2 Å². The van der Waals surface area contributed by atoms with Crippen molar-refractivity contribution in [2.75, 3.05) is 19.8 Å². The summed E-state index contributed by atoms with van der Waals surface area (Å²) in [6.45, 7) is 5.38. The maximum atomic E-state index is 15.4. The highest BCUT2D eigenvalue weighted by Gasteiger charge is 2.28. The minimum Gasteiger partial charge on any atom is -0.493 e. The number of aromatic nitrogens is 2. The van der Waals surface area contributed by atoms with Crippen LogP contribution >= 0.6 is 23.2 Å². The molecule has 0 spiro atoms. The predicted molar refractivity (Wildman–Crippen MR) is 145 cm³/mol. The highest BCUT2D eigenvalue weighted by atomic mass is 35.5. The Balaban J connectivity index is 1.24. The van der Waals surface area contributed by atoms with Gasteiger partial charge >= 0.3 is 0 Å². The number of benzene rings is 3. The van der Waals surface area contributed by atoms with Crippen LogP contribution in [0.25, 0.3) is 11.5 Å². The van der Waals surface area contributed by atoms with E-state index < -0.39 is 11.6 Å². The lowest BCUT2D eigenvalue weighted by molar-refractivity contribution is -0.264. The second-order valence-electron chi connectivity index (χ2n) is 9.64. The smallest absolute Gasteiger partial charge is 0.247 e. The van der Waals surface area contributed by atoms with Crippen LogP contribution in [0.2, 0.25) is 10.0 Å². The van der Waals surface area contributed by atoms with E-state index in [-0.39, 0.29) is 56.8 Å². The molecule has 2 heterocycles. The van der Waals surface area contributed by atoms with Crippen molar-refractivity contribution in [1.82, 2.24) is 10.2 Å². The minimum atomic E-state index is -0.690. The van der Waals surface area contributed by atoms with Gasteiger partial charge in [0.1, 0.15) is 11.5 Å². The third-order valence-corrected chi connectivity index (χ3v) is 6.59. The summed E-state index contributed by atoms with van der Waals surface area (Å²) in [4.78, 5) is 0. The van der Waals surface area contributed by atoms with E-state index in [4.69, 9.17) is 51.8 Å². The SMILES string of the molecule is CC1(C)OCC(COc2ccc(-c3nnc(Cc4ccc(Cl)c(Oc5cc(Cl)cc(C#N)c5)c4F)o3)cc2)CO1. The van der Waals surface area contributed by atoms with Gasteiger partial charge in [-0.3, -0.25) is 0 Å². The van der Waals surface area contributed by atoms with Crippen molar-refractivity contribution < 1.29 is 27.8 Å². The molecule has 11 heteroatoms. The van der Waals surface area contributed by atoms with Crippen molar-refractivity contribution in [3.63, 3.8) is 0 Å². The van der Waals surface area contributed by atoms with E-state index in [0.29, 0.717) is 31.1 Å². The molecule has 0 radical (unpaired) electrons. The van der Waals surface area contributed by atoms with Crippen molar-refractivity contribution in [3.05, 3.63) is 87.5 Å². The number of halogens is 3. The van der Waals surface area contributed by atoms with Crippen LogP contribution in [-0.2, 0) is 15.9 Å². The molecule has 1 saturated heterocycles. The Morgan fingerprint density at radius 1 is 1.02 bits per heavy atom. The molecular weight excluding hydrogens is 560 g/mol. The fourth-order valence-corrected chi connectivity index (χ4v) is 4.35. The molecule has 5 rings (SSSR count). The molecular formula is C29H24Cl2FN3O5. The molecule has 1 fully saturated rings. The van der Waals surface area contributed by atoms with Gasteiger partial charge in [-0.05, 0) is 62.4 Å². The summed E-state index contributed by atoms with van der Waals surface area (Å²) in [5, 5.41) is 17.6. The molecule has 4 aromatic rings. The monoisotopic (exact) mass is 583 g/mol. The molecule has 8 nitrogen and oxygen atoms in total. The largest absolute Gasteiger partial charge is 0.493 e. The molecule has 0 aliphatic carbocycles. The van der Waals surface area contributed by atoms with Crippen molar-refractivity contribution in [2.45, 2.75) is 26.1 Å². The average molecular weight is 584 g/mol. The zero-order chi connectivity index (χ0) is 28.3. The number of nitrogens with zero attached hydrogens (tertiary/aromatic N) is 3. The quantitative estimate of drug-likeness (QED) is 0.214. The number of nitriles is 1. The van der Waals surface area contributed by atoms with Gasteiger partial charge in [0.15, 0.2) is 17.4 Å². The van der Waals surface area contributed by atoms with Gasteiger partial charge in [-0.25, -0.2) is 4.39 Å². The Bertz CT molecular complexity index is 1540. The summed E-state index contributed by atoms with van der Waals surface area (Å²) in [6.07, 6.45) is 0.00881. The Morgan fingerprint density at radius 2 is 1.77 bits per heavy atom. The summed E-state index contributed by atoms with van der Waals surface area (Å²) in [5.74, 6) is 0.0518. The summed E-state index contributed by atoms with van der Waals surface area (Å²) in [5.41, 5.74) is 1.19. The normalized spacial score (nSPS) is 15.0.